The highest BCUT2D eigenvalue weighted by Crippen LogP contribution is 2.20. The average molecular weight is 304 g/mol. The molecule has 21 heavy (non-hydrogen) atoms. The molecule has 0 amide bonds. The first-order valence-electron chi connectivity index (χ1n) is 6.17. The van der Waals surface area contributed by atoms with Crippen molar-refractivity contribution in [2.45, 2.75) is 0 Å². The lowest BCUT2D eigenvalue weighted by molar-refractivity contribution is 0.584. The first-order valence-corrected chi connectivity index (χ1v) is 6.55. The summed E-state index contributed by atoms with van der Waals surface area (Å²) in [4.78, 5) is 7.97. The van der Waals surface area contributed by atoms with E-state index >= 15 is 0 Å². The van der Waals surface area contributed by atoms with Crippen LogP contribution >= 0.6 is 11.6 Å². The first kappa shape index (κ1) is 13.5. The Bertz CT molecular complexity index is 752. The summed E-state index contributed by atoms with van der Waals surface area (Å²) in [6.45, 7) is 0. The maximum absolute atomic E-state index is 12.8. The van der Waals surface area contributed by atoms with Crippen molar-refractivity contribution >= 4 is 23.2 Å². The van der Waals surface area contributed by atoms with Gasteiger partial charge in [-0.05, 0) is 36.4 Å². The minimum absolute atomic E-state index is 0.474. The topological polar surface area (TPSA) is 55.6 Å². The molecule has 3 rings (SSSR count). The van der Waals surface area contributed by atoms with Gasteiger partial charge in [0.2, 0.25) is 11.9 Å². The van der Waals surface area contributed by atoms with Gasteiger partial charge >= 0.3 is 0 Å². The number of pyridine rings is 1. The first-order chi connectivity index (χ1) is 10.1. The predicted molar refractivity (Wildman–Crippen MR) is 78.9 cm³/mol. The van der Waals surface area contributed by atoms with Crippen LogP contribution in [0.1, 0.15) is 0 Å². The Morgan fingerprint density at radius 2 is 1.90 bits per heavy atom. The van der Waals surface area contributed by atoms with Crippen molar-refractivity contribution in [3.63, 3.8) is 0 Å². The van der Waals surface area contributed by atoms with Crippen molar-refractivity contribution in [3.8, 4) is 11.4 Å². The summed E-state index contributed by atoms with van der Waals surface area (Å²) in [5.74, 6) is 0.507. The molecule has 0 aliphatic carbocycles. The molecule has 1 N–H and O–H groups in total. The van der Waals surface area contributed by atoms with Crippen LogP contribution in [0.3, 0.4) is 0 Å². The fourth-order valence-electron chi connectivity index (χ4n) is 1.79. The molecular formula is C14H11ClFN5. The van der Waals surface area contributed by atoms with Crippen molar-refractivity contribution in [1.82, 2.24) is 19.7 Å². The molecule has 2 heterocycles. The van der Waals surface area contributed by atoms with Crippen molar-refractivity contribution in [3.05, 3.63) is 53.6 Å². The highest BCUT2D eigenvalue weighted by atomic mass is 35.5. The predicted octanol–water partition coefficient (Wildman–Crippen LogP) is 3.41. The Balaban J connectivity index is 1.87. The Hall–Kier alpha value is -2.47. The molecule has 0 spiro atoms. The fraction of sp³-hybridized carbons (Fsp3) is 0.0714. The molecule has 0 unspecified atom stereocenters. The van der Waals surface area contributed by atoms with Gasteiger partial charge in [0.05, 0.1) is 0 Å². The lowest BCUT2D eigenvalue weighted by Crippen LogP contribution is -1.99. The van der Waals surface area contributed by atoms with Gasteiger partial charge in [-0.25, -0.2) is 9.67 Å². The second kappa shape index (κ2) is 5.49. The van der Waals surface area contributed by atoms with Crippen LogP contribution in [0.25, 0.3) is 11.4 Å². The van der Waals surface area contributed by atoms with Crippen LogP contribution in [0, 0.1) is 5.95 Å². The third-order valence-corrected chi connectivity index (χ3v) is 3.10. The molecule has 5 nitrogen and oxygen atoms in total. The zero-order chi connectivity index (χ0) is 14.8. The molecule has 0 saturated carbocycles. The number of halogens is 2. The summed E-state index contributed by atoms with van der Waals surface area (Å²) in [6.07, 6.45) is 1.40. The van der Waals surface area contributed by atoms with Crippen LogP contribution in [0.2, 0.25) is 5.02 Å². The monoisotopic (exact) mass is 303 g/mol. The van der Waals surface area contributed by atoms with Gasteiger partial charge < -0.3 is 5.32 Å². The third kappa shape index (κ3) is 3.00. The zero-order valence-corrected chi connectivity index (χ0v) is 11.8. The second-order valence-electron chi connectivity index (χ2n) is 4.38. The standard InChI is InChI=1S/C14H11ClFN5/c1-21-14(18-11-5-3-10(15)4-6-11)19-13(20-21)9-2-7-12(16)17-8-9/h2-8H,1H3,(H,18,19,20). The van der Waals surface area contributed by atoms with Gasteiger partial charge in [0, 0.05) is 29.5 Å². The van der Waals surface area contributed by atoms with Crippen LogP contribution < -0.4 is 5.32 Å². The summed E-state index contributed by atoms with van der Waals surface area (Å²) in [5.41, 5.74) is 1.50. The molecule has 0 bridgehead atoms. The molecule has 0 aliphatic rings. The lowest BCUT2D eigenvalue weighted by atomic mass is 10.3. The molecule has 106 valence electrons. The summed E-state index contributed by atoms with van der Waals surface area (Å²) >= 11 is 5.84. The van der Waals surface area contributed by atoms with Crippen molar-refractivity contribution in [1.29, 1.82) is 0 Å². The number of aromatic nitrogens is 4. The second-order valence-corrected chi connectivity index (χ2v) is 4.82. The van der Waals surface area contributed by atoms with Gasteiger partial charge in [0.15, 0.2) is 5.82 Å². The number of anilines is 2. The van der Waals surface area contributed by atoms with E-state index in [1.54, 1.807) is 29.9 Å². The number of hydrogen-bond donors (Lipinski definition) is 1. The van der Waals surface area contributed by atoms with E-state index in [9.17, 15) is 4.39 Å². The summed E-state index contributed by atoms with van der Waals surface area (Å²) in [7, 11) is 1.77. The molecule has 0 fully saturated rings. The molecule has 0 aliphatic heterocycles. The minimum atomic E-state index is -0.533. The van der Waals surface area contributed by atoms with Crippen LogP contribution in [0.5, 0.6) is 0 Å². The van der Waals surface area contributed by atoms with E-state index in [0.29, 0.717) is 22.4 Å². The smallest absolute Gasteiger partial charge is 0.225 e. The number of nitrogens with zero attached hydrogens (tertiary/aromatic N) is 4. The van der Waals surface area contributed by atoms with Crippen molar-refractivity contribution < 1.29 is 4.39 Å². The maximum Gasteiger partial charge on any atom is 0.225 e. The van der Waals surface area contributed by atoms with Crippen molar-refractivity contribution in [2.75, 3.05) is 5.32 Å². The summed E-state index contributed by atoms with van der Waals surface area (Å²) in [5, 5.41) is 8.08. The number of hydrogen-bond acceptors (Lipinski definition) is 4. The van der Waals surface area contributed by atoms with Gasteiger partial charge in [0.1, 0.15) is 0 Å². The van der Waals surface area contributed by atoms with Crippen LogP contribution in [-0.2, 0) is 7.05 Å². The molecule has 1 aromatic carbocycles. The zero-order valence-electron chi connectivity index (χ0n) is 11.1. The van der Waals surface area contributed by atoms with Gasteiger partial charge in [-0.2, -0.15) is 9.37 Å². The largest absolute Gasteiger partial charge is 0.324 e. The molecular weight excluding hydrogens is 293 g/mol. The van der Waals surface area contributed by atoms with Crippen LogP contribution in [-0.4, -0.2) is 19.7 Å². The Kier molecular flexibility index (Phi) is 3.53. The fourth-order valence-corrected chi connectivity index (χ4v) is 1.91. The average Bonchev–Trinajstić information content (AvgIpc) is 2.83. The summed E-state index contributed by atoms with van der Waals surface area (Å²) < 4.78 is 14.4. The van der Waals surface area contributed by atoms with Crippen LogP contribution in [0.4, 0.5) is 16.0 Å². The maximum atomic E-state index is 12.8. The van der Waals surface area contributed by atoms with Gasteiger partial charge in [-0.3, -0.25) is 0 Å². The third-order valence-electron chi connectivity index (χ3n) is 2.85. The van der Waals surface area contributed by atoms with Crippen molar-refractivity contribution in [2.24, 2.45) is 7.05 Å². The van der Waals surface area contributed by atoms with Gasteiger partial charge in [-0.15, -0.1) is 5.10 Å². The van der Waals surface area contributed by atoms with E-state index in [0.717, 1.165) is 5.69 Å². The van der Waals surface area contributed by atoms with E-state index in [-0.39, 0.29) is 0 Å². The number of nitrogens with one attached hydrogen (secondary N) is 1. The van der Waals surface area contributed by atoms with E-state index in [2.05, 4.69) is 20.4 Å². The number of benzene rings is 1. The SMILES string of the molecule is Cn1nc(-c2ccc(F)nc2)nc1Nc1ccc(Cl)cc1. The Morgan fingerprint density at radius 1 is 1.14 bits per heavy atom. The lowest BCUT2D eigenvalue weighted by Gasteiger charge is -2.04. The molecule has 7 heteroatoms. The van der Waals surface area contributed by atoms with E-state index in [1.807, 2.05) is 12.1 Å². The van der Waals surface area contributed by atoms with Gasteiger partial charge in [0.25, 0.3) is 0 Å². The molecule has 2 aromatic heterocycles. The molecule has 0 atom stereocenters. The summed E-state index contributed by atoms with van der Waals surface area (Å²) in [6, 6.07) is 10.1. The molecule has 0 saturated heterocycles. The normalized spacial score (nSPS) is 10.6. The Morgan fingerprint density at radius 3 is 2.57 bits per heavy atom. The number of aryl methyl sites for hydroxylation is 1. The van der Waals surface area contributed by atoms with Gasteiger partial charge in [-0.1, -0.05) is 11.6 Å². The quantitative estimate of drug-likeness (QED) is 0.753. The number of rotatable bonds is 3. The van der Waals surface area contributed by atoms with E-state index in [4.69, 9.17) is 11.6 Å². The highest BCUT2D eigenvalue weighted by molar-refractivity contribution is 6.30. The molecule has 3 aromatic rings. The highest BCUT2D eigenvalue weighted by Gasteiger charge is 2.10. The minimum Gasteiger partial charge on any atom is -0.324 e. The van der Waals surface area contributed by atoms with E-state index < -0.39 is 5.95 Å². The van der Waals surface area contributed by atoms with E-state index in [1.165, 1.54) is 12.3 Å². The molecule has 0 radical (unpaired) electrons. The Labute approximate surface area is 125 Å². The van der Waals surface area contributed by atoms with Crippen LogP contribution in [0.15, 0.2) is 42.6 Å².